The first-order valence-corrected chi connectivity index (χ1v) is 11.6. The van der Waals surface area contributed by atoms with Crippen LogP contribution in [0.1, 0.15) is 49.6 Å². The molecule has 2 aromatic rings. The standard InChI is InChI=1S/C24H35FN4O3/c1-15-7-8-20(25)19-12-21(27-23(15)19)24(31)26-16-5-4-6-17(11-16)29-10-9-18(13-29)28(2)22(30)14-32-3/h7-8,12,16-18,24,26-27,31H,4-6,9-11,13-14H2,1-3H3/t16-,17+,18+,24?/m1/s1. The van der Waals surface area contributed by atoms with Crippen LogP contribution in [-0.4, -0.2) is 77.8 Å². The summed E-state index contributed by atoms with van der Waals surface area (Å²) in [5.74, 6) is -0.258. The highest BCUT2D eigenvalue weighted by molar-refractivity contribution is 5.84. The van der Waals surface area contributed by atoms with Gasteiger partial charge in [0.1, 0.15) is 18.7 Å². The lowest BCUT2D eigenvalue weighted by molar-refractivity contribution is -0.135. The summed E-state index contributed by atoms with van der Waals surface area (Å²) in [5.41, 5.74) is 2.28. The number of aliphatic hydroxyl groups is 1. The molecule has 1 saturated carbocycles. The quantitative estimate of drug-likeness (QED) is 0.570. The zero-order valence-electron chi connectivity index (χ0n) is 19.2. The third-order valence-electron chi connectivity index (χ3n) is 7.22. The minimum Gasteiger partial charge on any atom is -0.375 e. The number of fused-ring (bicyclic) bond motifs is 1. The molecular weight excluding hydrogens is 411 g/mol. The Morgan fingerprint density at radius 1 is 1.41 bits per heavy atom. The van der Waals surface area contributed by atoms with Crippen LogP contribution < -0.4 is 5.32 Å². The molecule has 7 nitrogen and oxygen atoms in total. The molecule has 3 N–H and O–H groups in total. The van der Waals surface area contributed by atoms with Gasteiger partial charge in [-0.1, -0.05) is 12.5 Å². The number of aromatic nitrogens is 1. The van der Waals surface area contributed by atoms with Crippen molar-refractivity contribution in [3.05, 3.63) is 35.3 Å². The second-order valence-corrected chi connectivity index (χ2v) is 9.34. The van der Waals surface area contributed by atoms with Crippen molar-refractivity contribution in [1.82, 2.24) is 20.1 Å². The number of nitrogens with zero attached hydrogens (tertiary/aromatic N) is 2. The number of aryl methyl sites for hydroxylation is 1. The van der Waals surface area contributed by atoms with E-state index in [1.54, 1.807) is 19.2 Å². The molecule has 8 heteroatoms. The molecule has 0 radical (unpaired) electrons. The van der Waals surface area contributed by atoms with Crippen LogP contribution in [0.2, 0.25) is 0 Å². The van der Waals surface area contributed by atoms with E-state index in [2.05, 4.69) is 15.2 Å². The van der Waals surface area contributed by atoms with Crippen LogP contribution in [0.15, 0.2) is 18.2 Å². The highest BCUT2D eigenvalue weighted by atomic mass is 19.1. The number of benzene rings is 1. The van der Waals surface area contributed by atoms with Crippen molar-refractivity contribution in [3.8, 4) is 0 Å². The number of likely N-dealkylation sites (tertiary alicyclic amines) is 1. The zero-order valence-corrected chi connectivity index (χ0v) is 19.2. The number of halogens is 1. The normalized spacial score (nSPS) is 25.3. The predicted octanol–water partition coefficient (Wildman–Crippen LogP) is 2.69. The zero-order chi connectivity index (χ0) is 22.8. The molecule has 1 unspecified atom stereocenters. The number of carbonyl (C=O) groups is 1. The number of likely N-dealkylation sites (N-methyl/N-ethyl adjacent to an activating group) is 1. The van der Waals surface area contributed by atoms with Crippen molar-refractivity contribution < 1.29 is 19.0 Å². The van der Waals surface area contributed by atoms with E-state index in [1.165, 1.54) is 6.07 Å². The summed E-state index contributed by atoms with van der Waals surface area (Å²) in [6.07, 6.45) is 4.29. The predicted molar refractivity (Wildman–Crippen MR) is 122 cm³/mol. The molecule has 1 aliphatic heterocycles. The maximum Gasteiger partial charge on any atom is 0.248 e. The van der Waals surface area contributed by atoms with Crippen molar-refractivity contribution in [2.45, 2.75) is 63.4 Å². The van der Waals surface area contributed by atoms with E-state index in [-0.39, 0.29) is 30.4 Å². The van der Waals surface area contributed by atoms with Crippen molar-refractivity contribution in [2.24, 2.45) is 0 Å². The summed E-state index contributed by atoms with van der Waals surface area (Å²) in [6.45, 7) is 3.91. The minimum atomic E-state index is -0.867. The molecule has 32 heavy (non-hydrogen) atoms. The van der Waals surface area contributed by atoms with Crippen molar-refractivity contribution >= 4 is 16.8 Å². The summed E-state index contributed by atoms with van der Waals surface area (Å²) in [7, 11) is 3.41. The Kier molecular flexibility index (Phi) is 7.14. The highest BCUT2D eigenvalue weighted by Crippen LogP contribution is 2.29. The van der Waals surface area contributed by atoms with Crippen LogP contribution in [0.5, 0.6) is 0 Å². The fourth-order valence-corrected chi connectivity index (χ4v) is 5.30. The average Bonchev–Trinajstić information content (AvgIpc) is 3.45. The molecule has 1 amide bonds. The maximum atomic E-state index is 14.1. The number of nitrogens with one attached hydrogen (secondary N) is 2. The second kappa shape index (κ2) is 9.87. The number of aromatic amines is 1. The highest BCUT2D eigenvalue weighted by Gasteiger charge is 2.35. The van der Waals surface area contributed by atoms with E-state index < -0.39 is 6.23 Å². The van der Waals surface area contributed by atoms with Crippen LogP contribution in [-0.2, 0) is 9.53 Å². The third-order valence-corrected chi connectivity index (χ3v) is 7.22. The largest absolute Gasteiger partial charge is 0.375 e. The molecule has 176 valence electrons. The van der Waals surface area contributed by atoms with Crippen LogP contribution in [0.25, 0.3) is 10.9 Å². The summed E-state index contributed by atoms with van der Waals surface area (Å²) in [6, 6.07) is 5.76. The molecule has 1 aliphatic carbocycles. The van der Waals surface area contributed by atoms with Gasteiger partial charge in [-0.2, -0.15) is 0 Å². The van der Waals surface area contributed by atoms with Crippen molar-refractivity contribution in [3.63, 3.8) is 0 Å². The lowest BCUT2D eigenvalue weighted by atomic mass is 9.90. The number of amides is 1. The summed E-state index contributed by atoms with van der Waals surface area (Å²) < 4.78 is 19.1. The molecule has 2 heterocycles. The van der Waals surface area contributed by atoms with E-state index in [9.17, 15) is 14.3 Å². The molecule has 2 aliphatic rings. The first-order chi connectivity index (χ1) is 15.4. The van der Waals surface area contributed by atoms with Gasteiger partial charge >= 0.3 is 0 Å². The van der Waals surface area contributed by atoms with Crippen LogP contribution in [0, 0.1) is 12.7 Å². The molecule has 4 rings (SSSR count). The Bertz CT molecular complexity index is 910. The molecule has 4 atom stereocenters. The Hall–Kier alpha value is -2.00. The second-order valence-electron chi connectivity index (χ2n) is 9.34. The average molecular weight is 447 g/mol. The fraction of sp³-hybridized carbons (Fsp3) is 0.625. The van der Waals surface area contributed by atoms with Gasteiger partial charge in [0.25, 0.3) is 0 Å². The smallest absolute Gasteiger partial charge is 0.248 e. The molecule has 2 fully saturated rings. The molecule has 1 aromatic carbocycles. The Morgan fingerprint density at radius 2 is 2.22 bits per heavy atom. The summed E-state index contributed by atoms with van der Waals surface area (Å²) >= 11 is 0. The van der Waals surface area contributed by atoms with Gasteiger partial charge in [0.15, 0.2) is 0 Å². The van der Waals surface area contributed by atoms with E-state index in [0.29, 0.717) is 17.1 Å². The summed E-state index contributed by atoms with van der Waals surface area (Å²) in [5, 5.41) is 14.7. The van der Waals surface area contributed by atoms with Gasteiger partial charge in [0, 0.05) is 50.8 Å². The molecule has 0 spiro atoms. The molecular formula is C24H35FN4O3. The SMILES string of the molecule is COCC(=O)N(C)[C@H]1CCN([C@H]2CCC[C@@H](NC(O)c3cc4c(F)ccc(C)c4[nH]3)C2)C1. The number of carbonyl (C=O) groups excluding carboxylic acids is 1. The number of hydrogen-bond acceptors (Lipinski definition) is 5. The lowest BCUT2D eigenvalue weighted by Gasteiger charge is -2.37. The van der Waals surface area contributed by atoms with Gasteiger partial charge < -0.3 is 19.7 Å². The maximum absolute atomic E-state index is 14.1. The van der Waals surface area contributed by atoms with E-state index in [1.807, 2.05) is 18.9 Å². The van der Waals surface area contributed by atoms with Gasteiger partial charge in [-0.25, -0.2) is 4.39 Å². The Morgan fingerprint density at radius 3 is 2.97 bits per heavy atom. The third kappa shape index (κ3) is 4.83. The van der Waals surface area contributed by atoms with E-state index >= 15 is 0 Å². The van der Waals surface area contributed by atoms with E-state index in [4.69, 9.17) is 4.74 Å². The van der Waals surface area contributed by atoms with E-state index in [0.717, 1.165) is 56.3 Å². The fourth-order valence-electron chi connectivity index (χ4n) is 5.30. The number of H-pyrrole nitrogens is 1. The number of hydrogen-bond donors (Lipinski definition) is 3. The van der Waals surface area contributed by atoms with Gasteiger partial charge in [-0.15, -0.1) is 0 Å². The first-order valence-electron chi connectivity index (χ1n) is 11.6. The minimum absolute atomic E-state index is 0.0238. The molecule has 0 bridgehead atoms. The first kappa shape index (κ1) is 23.2. The topological polar surface area (TPSA) is 80.8 Å². The molecule has 1 aromatic heterocycles. The van der Waals surface area contributed by atoms with Gasteiger partial charge in [-0.3, -0.25) is 15.0 Å². The number of ether oxygens (including phenoxy) is 1. The number of methoxy groups -OCH3 is 1. The van der Waals surface area contributed by atoms with Crippen LogP contribution in [0.4, 0.5) is 4.39 Å². The lowest BCUT2D eigenvalue weighted by Crippen LogP contribution is -2.46. The number of aliphatic hydroxyl groups excluding tert-OH is 1. The van der Waals surface area contributed by atoms with Crippen LogP contribution in [0.3, 0.4) is 0 Å². The molecule has 1 saturated heterocycles. The van der Waals surface area contributed by atoms with Gasteiger partial charge in [0.05, 0.1) is 11.2 Å². The number of rotatable bonds is 7. The Labute approximate surface area is 188 Å². The Balaban J connectivity index is 1.35. The van der Waals surface area contributed by atoms with Crippen LogP contribution >= 0.6 is 0 Å². The summed E-state index contributed by atoms with van der Waals surface area (Å²) in [4.78, 5) is 19.6. The monoisotopic (exact) mass is 446 g/mol. The van der Waals surface area contributed by atoms with Crippen molar-refractivity contribution in [1.29, 1.82) is 0 Å². The van der Waals surface area contributed by atoms with Gasteiger partial charge in [-0.05, 0) is 50.3 Å². The van der Waals surface area contributed by atoms with Crippen molar-refractivity contribution in [2.75, 3.05) is 33.9 Å². The van der Waals surface area contributed by atoms with Gasteiger partial charge in [0.2, 0.25) is 5.91 Å².